The van der Waals surface area contributed by atoms with Crippen molar-refractivity contribution in [3.8, 4) is 22.8 Å². The van der Waals surface area contributed by atoms with Gasteiger partial charge < -0.3 is 14.0 Å². The molecule has 0 spiro atoms. The molecule has 0 aliphatic carbocycles. The van der Waals surface area contributed by atoms with Crippen LogP contribution < -0.4 is 0 Å². The van der Waals surface area contributed by atoms with Crippen LogP contribution in [0.25, 0.3) is 22.8 Å². The molecule has 0 aliphatic rings. The molecule has 3 aromatic rings. The molecule has 0 aliphatic heterocycles. The van der Waals surface area contributed by atoms with Gasteiger partial charge in [0.2, 0.25) is 5.76 Å². The number of nitrogens with zero attached hydrogens (tertiary/aromatic N) is 1. The van der Waals surface area contributed by atoms with Crippen LogP contribution in [0.5, 0.6) is 0 Å². The summed E-state index contributed by atoms with van der Waals surface area (Å²) in [5, 5.41) is 14.4. The molecule has 0 saturated carbocycles. The third-order valence-electron chi connectivity index (χ3n) is 2.89. The van der Waals surface area contributed by atoms with Crippen molar-refractivity contribution in [3.63, 3.8) is 0 Å². The van der Waals surface area contributed by atoms with Crippen LogP contribution in [0.4, 0.5) is 0 Å². The van der Waals surface area contributed by atoms with Crippen LogP contribution in [-0.4, -0.2) is 10.3 Å². The van der Waals surface area contributed by atoms with Gasteiger partial charge in [-0.1, -0.05) is 34.4 Å². The van der Waals surface area contributed by atoms with E-state index in [0.29, 0.717) is 38.4 Å². The summed E-state index contributed by atoms with van der Waals surface area (Å²) in [5.41, 5.74) is 1.42. The van der Waals surface area contributed by atoms with Crippen molar-refractivity contribution in [2.75, 3.05) is 0 Å². The SMILES string of the molecule is OCc1c(-c2c(Cl)cccc2Cl)noc1-c1ccco1. The summed E-state index contributed by atoms with van der Waals surface area (Å²) in [5.74, 6) is 0.847. The standard InChI is InChI=1S/C14H9Cl2NO3/c15-9-3-1-4-10(16)12(9)13-8(7-18)14(20-17-13)11-5-2-6-19-11/h1-6,18H,7H2. The molecule has 0 atom stereocenters. The minimum Gasteiger partial charge on any atom is -0.461 e. The number of hydrogen-bond donors (Lipinski definition) is 1. The molecule has 3 rings (SSSR count). The molecule has 1 N–H and O–H groups in total. The van der Waals surface area contributed by atoms with Gasteiger partial charge in [0.25, 0.3) is 0 Å². The Bertz CT molecular complexity index is 715. The van der Waals surface area contributed by atoms with Crippen LogP contribution in [0.1, 0.15) is 5.56 Å². The van der Waals surface area contributed by atoms with Crippen LogP contribution in [0.3, 0.4) is 0 Å². The van der Waals surface area contributed by atoms with Crippen molar-refractivity contribution >= 4 is 23.2 Å². The predicted octanol–water partition coefficient (Wildman–Crippen LogP) is 4.40. The van der Waals surface area contributed by atoms with Crippen LogP contribution in [0.2, 0.25) is 10.0 Å². The molecule has 4 nitrogen and oxygen atoms in total. The highest BCUT2D eigenvalue weighted by molar-refractivity contribution is 6.39. The molecule has 0 saturated heterocycles. The summed E-state index contributed by atoms with van der Waals surface area (Å²) >= 11 is 12.3. The third-order valence-corrected chi connectivity index (χ3v) is 3.52. The van der Waals surface area contributed by atoms with Gasteiger partial charge in [0, 0.05) is 5.56 Å². The van der Waals surface area contributed by atoms with Crippen LogP contribution in [-0.2, 0) is 6.61 Å². The van der Waals surface area contributed by atoms with Gasteiger partial charge in [-0.05, 0) is 24.3 Å². The van der Waals surface area contributed by atoms with E-state index < -0.39 is 0 Å². The average molecular weight is 310 g/mol. The van der Waals surface area contributed by atoms with Gasteiger partial charge in [0.1, 0.15) is 5.69 Å². The summed E-state index contributed by atoms with van der Waals surface area (Å²) in [6, 6.07) is 8.58. The van der Waals surface area contributed by atoms with Gasteiger partial charge in [0.15, 0.2) is 5.76 Å². The Balaban J connectivity index is 2.21. The molecule has 0 fully saturated rings. The fourth-order valence-electron chi connectivity index (χ4n) is 1.98. The van der Waals surface area contributed by atoms with E-state index in [2.05, 4.69) is 5.16 Å². The molecule has 0 radical (unpaired) electrons. The number of aliphatic hydroxyl groups is 1. The summed E-state index contributed by atoms with van der Waals surface area (Å²) in [6.07, 6.45) is 1.52. The van der Waals surface area contributed by atoms with Crippen LogP contribution >= 0.6 is 23.2 Å². The van der Waals surface area contributed by atoms with E-state index in [-0.39, 0.29) is 6.61 Å². The van der Waals surface area contributed by atoms with Crippen LogP contribution in [0.15, 0.2) is 45.5 Å². The van der Waals surface area contributed by atoms with Crippen LogP contribution in [0, 0.1) is 0 Å². The highest BCUT2D eigenvalue weighted by Gasteiger charge is 2.23. The van der Waals surface area contributed by atoms with E-state index in [0.717, 1.165) is 0 Å². The maximum atomic E-state index is 9.60. The number of rotatable bonds is 3. The monoisotopic (exact) mass is 309 g/mol. The Kier molecular flexibility index (Phi) is 3.53. The van der Waals surface area contributed by atoms with Crippen molar-refractivity contribution in [2.45, 2.75) is 6.61 Å². The zero-order valence-electron chi connectivity index (χ0n) is 10.1. The average Bonchev–Trinajstić information content (AvgIpc) is 3.06. The minimum atomic E-state index is -0.267. The van der Waals surface area contributed by atoms with Gasteiger partial charge in [-0.3, -0.25) is 0 Å². The summed E-state index contributed by atoms with van der Waals surface area (Å²) in [7, 11) is 0. The third kappa shape index (κ3) is 2.12. The van der Waals surface area contributed by atoms with Crippen molar-refractivity contribution < 1.29 is 14.0 Å². The van der Waals surface area contributed by atoms with E-state index in [1.807, 2.05) is 0 Å². The number of furan rings is 1. The fourth-order valence-corrected chi connectivity index (χ4v) is 2.55. The second-order valence-corrected chi connectivity index (χ2v) is 4.89. The van der Waals surface area contributed by atoms with E-state index >= 15 is 0 Å². The van der Waals surface area contributed by atoms with E-state index in [9.17, 15) is 5.11 Å². The number of hydrogen-bond acceptors (Lipinski definition) is 4. The Morgan fingerprint density at radius 1 is 1.10 bits per heavy atom. The second-order valence-electron chi connectivity index (χ2n) is 4.07. The lowest BCUT2D eigenvalue weighted by Crippen LogP contribution is -1.90. The molecule has 0 unspecified atom stereocenters. The van der Waals surface area contributed by atoms with E-state index in [1.54, 1.807) is 30.3 Å². The number of aliphatic hydroxyl groups excluding tert-OH is 1. The van der Waals surface area contributed by atoms with Gasteiger partial charge in [0.05, 0.1) is 28.5 Å². The normalized spacial score (nSPS) is 10.9. The van der Waals surface area contributed by atoms with Crippen molar-refractivity contribution in [1.82, 2.24) is 5.16 Å². The molecule has 1 aromatic carbocycles. The fraction of sp³-hybridized carbons (Fsp3) is 0.0714. The lowest BCUT2D eigenvalue weighted by molar-refractivity contribution is 0.281. The summed E-state index contributed by atoms with van der Waals surface area (Å²) in [4.78, 5) is 0. The Hall–Kier alpha value is -1.75. The number of aromatic nitrogens is 1. The number of halogens is 2. The second kappa shape index (κ2) is 5.32. The first-order chi connectivity index (χ1) is 9.72. The lowest BCUT2D eigenvalue weighted by atomic mass is 10.1. The van der Waals surface area contributed by atoms with Gasteiger partial charge in [-0.25, -0.2) is 0 Å². The molecule has 2 aromatic heterocycles. The van der Waals surface area contributed by atoms with Crippen molar-refractivity contribution in [1.29, 1.82) is 0 Å². The Morgan fingerprint density at radius 2 is 1.85 bits per heavy atom. The largest absolute Gasteiger partial charge is 0.461 e. The summed E-state index contributed by atoms with van der Waals surface area (Å²) in [6.45, 7) is -0.267. The zero-order chi connectivity index (χ0) is 14.1. The van der Waals surface area contributed by atoms with Gasteiger partial charge >= 0.3 is 0 Å². The maximum Gasteiger partial charge on any atom is 0.208 e. The molecule has 20 heavy (non-hydrogen) atoms. The van der Waals surface area contributed by atoms with E-state index in [1.165, 1.54) is 6.26 Å². The first-order valence-corrected chi connectivity index (χ1v) is 6.55. The molecule has 6 heteroatoms. The molecular weight excluding hydrogens is 301 g/mol. The highest BCUT2D eigenvalue weighted by atomic mass is 35.5. The Labute approximate surface area is 124 Å². The molecular formula is C14H9Cl2NO3. The molecule has 2 heterocycles. The Morgan fingerprint density at radius 3 is 2.45 bits per heavy atom. The lowest BCUT2D eigenvalue weighted by Gasteiger charge is -2.04. The highest BCUT2D eigenvalue weighted by Crippen LogP contribution is 2.39. The van der Waals surface area contributed by atoms with Crippen molar-refractivity contribution in [2.24, 2.45) is 0 Å². The summed E-state index contributed by atoms with van der Waals surface area (Å²) < 4.78 is 10.5. The minimum absolute atomic E-state index is 0.267. The number of benzene rings is 1. The first kappa shape index (κ1) is 13.2. The zero-order valence-corrected chi connectivity index (χ0v) is 11.6. The van der Waals surface area contributed by atoms with Crippen molar-refractivity contribution in [3.05, 3.63) is 52.2 Å². The molecule has 102 valence electrons. The van der Waals surface area contributed by atoms with E-state index in [4.69, 9.17) is 32.1 Å². The van der Waals surface area contributed by atoms with Gasteiger partial charge in [-0.15, -0.1) is 0 Å². The predicted molar refractivity (Wildman–Crippen MR) is 75.6 cm³/mol. The molecule has 0 amide bonds. The molecule has 0 bridgehead atoms. The first-order valence-electron chi connectivity index (χ1n) is 5.80. The van der Waals surface area contributed by atoms with Gasteiger partial charge in [-0.2, -0.15) is 0 Å². The maximum absolute atomic E-state index is 9.60. The smallest absolute Gasteiger partial charge is 0.208 e. The quantitative estimate of drug-likeness (QED) is 0.779. The topological polar surface area (TPSA) is 59.4 Å².